The van der Waals surface area contributed by atoms with E-state index in [0.29, 0.717) is 18.7 Å². The van der Waals surface area contributed by atoms with Gasteiger partial charge >= 0.3 is 6.03 Å². The number of carbonyl (C=O) groups excluding carboxylic acids is 1. The van der Waals surface area contributed by atoms with Crippen LogP contribution >= 0.6 is 11.3 Å². The molecule has 0 bridgehead atoms. The molecule has 0 saturated heterocycles. The van der Waals surface area contributed by atoms with E-state index >= 15 is 0 Å². The van der Waals surface area contributed by atoms with Gasteiger partial charge in [0.15, 0.2) is 11.6 Å². The molecular formula is C16H18F2N2OS. The summed E-state index contributed by atoms with van der Waals surface area (Å²) in [6.07, 6.45) is 0. The largest absolute Gasteiger partial charge is 0.331 e. The number of nitrogens with one attached hydrogen (secondary N) is 1. The van der Waals surface area contributed by atoms with E-state index in [0.717, 1.165) is 17.0 Å². The summed E-state index contributed by atoms with van der Waals surface area (Å²) in [4.78, 5) is 15.1. The van der Waals surface area contributed by atoms with E-state index in [2.05, 4.69) is 5.32 Å². The maximum atomic E-state index is 13.3. The van der Waals surface area contributed by atoms with E-state index in [-0.39, 0.29) is 6.03 Å². The summed E-state index contributed by atoms with van der Waals surface area (Å²) in [5.74, 6) is -1.81. The molecule has 0 radical (unpaired) electrons. The fourth-order valence-electron chi connectivity index (χ4n) is 2.06. The van der Waals surface area contributed by atoms with Gasteiger partial charge in [-0.15, -0.1) is 11.3 Å². The van der Waals surface area contributed by atoms with Crippen LogP contribution in [0, 0.1) is 11.6 Å². The van der Waals surface area contributed by atoms with Crippen molar-refractivity contribution >= 4 is 17.4 Å². The highest BCUT2D eigenvalue weighted by Gasteiger charge is 2.17. The first-order valence-corrected chi connectivity index (χ1v) is 7.92. The van der Waals surface area contributed by atoms with Crippen LogP contribution in [0.15, 0.2) is 35.7 Å². The summed E-state index contributed by atoms with van der Waals surface area (Å²) in [6.45, 7) is 4.73. The molecule has 1 N–H and O–H groups in total. The Morgan fingerprint density at radius 3 is 2.68 bits per heavy atom. The van der Waals surface area contributed by atoms with E-state index in [1.165, 1.54) is 6.07 Å². The van der Waals surface area contributed by atoms with Crippen molar-refractivity contribution in [3.63, 3.8) is 0 Å². The fraction of sp³-hybridized carbons (Fsp3) is 0.312. The number of carbonyl (C=O) groups is 1. The third-order valence-corrected chi connectivity index (χ3v) is 4.24. The first-order chi connectivity index (χ1) is 10.5. The smallest absolute Gasteiger partial charge is 0.318 e. The fourth-order valence-corrected chi connectivity index (χ4v) is 2.78. The summed E-state index contributed by atoms with van der Waals surface area (Å²) in [7, 11) is 0. The van der Waals surface area contributed by atoms with Crippen LogP contribution in [0.5, 0.6) is 0 Å². The number of hydrogen-bond acceptors (Lipinski definition) is 2. The Bertz CT molecular complexity index is 631. The maximum absolute atomic E-state index is 13.3. The molecule has 1 aromatic carbocycles. The third-order valence-electron chi connectivity index (χ3n) is 3.38. The highest BCUT2D eigenvalue weighted by atomic mass is 32.1. The monoisotopic (exact) mass is 324 g/mol. The lowest BCUT2D eigenvalue weighted by Gasteiger charge is -2.23. The van der Waals surface area contributed by atoms with E-state index in [1.54, 1.807) is 23.2 Å². The second-order valence-corrected chi connectivity index (χ2v) is 5.97. The molecule has 1 aromatic heterocycles. The van der Waals surface area contributed by atoms with Gasteiger partial charge in [0.05, 0.1) is 12.6 Å². The average Bonchev–Trinajstić information content (AvgIpc) is 3.00. The minimum Gasteiger partial charge on any atom is -0.331 e. The van der Waals surface area contributed by atoms with Gasteiger partial charge in [0, 0.05) is 11.4 Å². The Hall–Kier alpha value is -1.95. The van der Waals surface area contributed by atoms with Gasteiger partial charge in [-0.1, -0.05) is 12.1 Å². The van der Waals surface area contributed by atoms with E-state index in [1.807, 2.05) is 24.4 Å². The third kappa shape index (κ3) is 4.04. The number of rotatable bonds is 5. The Kier molecular flexibility index (Phi) is 5.49. The van der Waals surface area contributed by atoms with Gasteiger partial charge in [-0.25, -0.2) is 13.6 Å². The lowest BCUT2D eigenvalue weighted by molar-refractivity contribution is 0.195. The molecule has 3 nitrogen and oxygen atoms in total. The number of hydrogen-bond donors (Lipinski definition) is 1. The van der Waals surface area contributed by atoms with Gasteiger partial charge in [-0.3, -0.25) is 0 Å². The van der Waals surface area contributed by atoms with Gasteiger partial charge in [-0.05, 0) is 43.0 Å². The molecule has 0 spiro atoms. The molecule has 0 aliphatic heterocycles. The van der Waals surface area contributed by atoms with Gasteiger partial charge in [0.1, 0.15) is 0 Å². The predicted octanol–water partition coefficient (Wildman–Crippen LogP) is 4.32. The van der Waals surface area contributed by atoms with Crippen LogP contribution in [0.3, 0.4) is 0 Å². The lowest BCUT2D eigenvalue weighted by Crippen LogP contribution is -2.40. The molecule has 0 fully saturated rings. The molecule has 22 heavy (non-hydrogen) atoms. The quantitative estimate of drug-likeness (QED) is 0.873. The molecule has 0 aliphatic rings. The second kappa shape index (κ2) is 7.35. The van der Waals surface area contributed by atoms with Crippen molar-refractivity contribution in [2.45, 2.75) is 26.4 Å². The van der Waals surface area contributed by atoms with Crippen molar-refractivity contribution in [3.8, 4) is 0 Å². The predicted molar refractivity (Wildman–Crippen MR) is 83.7 cm³/mol. The van der Waals surface area contributed by atoms with Gasteiger partial charge in [-0.2, -0.15) is 0 Å². The Morgan fingerprint density at radius 2 is 2.09 bits per heavy atom. The molecule has 1 heterocycles. The lowest BCUT2D eigenvalue weighted by atomic mass is 10.1. The van der Waals surface area contributed by atoms with E-state index in [4.69, 9.17) is 0 Å². The molecule has 0 saturated carbocycles. The summed E-state index contributed by atoms with van der Waals surface area (Å²) in [6, 6.07) is 6.92. The molecule has 0 aliphatic carbocycles. The Balaban J connectivity index is 2.01. The van der Waals surface area contributed by atoms with E-state index in [9.17, 15) is 13.6 Å². The van der Waals surface area contributed by atoms with Gasteiger partial charge in [0.25, 0.3) is 0 Å². The zero-order valence-electron chi connectivity index (χ0n) is 12.5. The van der Waals surface area contributed by atoms with Crippen LogP contribution in [0.1, 0.15) is 30.3 Å². The van der Waals surface area contributed by atoms with Crippen LogP contribution in [-0.4, -0.2) is 17.5 Å². The molecule has 2 amide bonds. The summed E-state index contributed by atoms with van der Waals surface area (Å²) in [5.41, 5.74) is 0.527. The van der Waals surface area contributed by atoms with Crippen LogP contribution < -0.4 is 5.32 Å². The highest BCUT2D eigenvalue weighted by molar-refractivity contribution is 7.09. The summed E-state index contributed by atoms with van der Waals surface area (Å²) in [5, 5.41) is 4.77. The van der Waals surface area contributed by atoms with Crippen LogP contribution in [0.2, 0.25) is 0 Å². The zero-order valence-corrected chi connectivity index (χ0v) is 13.3. The van der Waals surface area contributed by atoms with Crippen LogP contribution in [0.4, 0.5) is 13.6 Å². The summed E-state index contributed by atoms with van der Waals surface area (Å²) < 4.78 is 26.2. The molecule has 2 rings (SSSR count). The molecule has 118 valence electrons. The van der Waals surface area contributed by atoms with Crippen LogP contribution in [-0.2, 0) is 6.54 Å². The standard InChI is InChI=1S/C16H18F2N2OS/c1-3-20(10-13-5-4-8-22-13)16(21)19-11(2)12-6-7-14(17)15(18)9-12/h4-9,11H,3,10H2,1-2H3,(H,19,21). The van der Waals surface area contributed by atoms with Crippen molar-refractivity contribution in [3.05, 3.63) is 57.8 Å². The maximum Gasteiger partial charge on any atom is 0.318 e. The SMILES string of the molecule is CCN(Cc1cccs1)C(=O)NC(C)c1ccc(F)c(F)c1. The number of benzene rings is 1. The Morgan fingerprint density at radius 1 is 1.32 bits per heavy atom. The molecule has 6 heteroatoms. The number of nitrogens with zero attached hydrogens (tertiary/aromatic N) is 1. The summed E-state index contributed by atoms with van der Waals surface area (Å²) >= 11 is 1.59. The zero-order chi connectivity index (χ0) is 16.1. The second-order valence-electron chi connectivity index (χ2n) is 4.94. The topological polar surface area (TPSA) is 32.3 Å². The Labute approximate surface area is 132 Å². The molecule has 2 aromatic rings. The van der Waals surface area contributed by atoms with Crippen molar-refractivity contribution in [1.82, 2.24) is 10.2 Å². The minimum absolute atomic E-state index is 0.229. The van der Waals surface area contributed by atoms with Crippen molar-refractivity contribution in [1.29, 1.82) is 0 Å². The minimum atomic E-state index is -0.912. The number of urea groups is 1. The highest BCUT2D eigenvalue weighted by Crippen LogP contribution is 2.17. The van der Waals surface area contributed by atoms with Crippen molar-refractivity contribution in [2.24, 2.45) is 0 Å². The normalized spacial score (nSPS) is 12.0. The molecule has 1 atom stereocenters. The van der Waals surface area contributed by atoms with E-state index < -0.39 is 17.7 Å². The van der Waals surface area contributed by atoms with Crippen LogP contribution in [0.25, 0.3) is 0 Å². The molecular weight excluding hydrogens is 306 g/mol. The van der Waals surface area contributed by atoms with Gasteiger partial charge < -0.3 is 10.2 Å². The first kappa shape index (κ1) is 16.4. The van der Waals surface area contributed by atoms with Crippen molar-refractivity contribution < 1.29 is 13.6 Å². The number of thiophene rings is 1. The number of halogens is 2. The van der Waals surface area contributed by atoms with Crippen molar-refractivity contribution in [2.75, 3.05) is 6.54 Å². The molecule has 1 unspecified atom stereocenters. The number of amides is 2. The van der Waals surface area contributed by atoms with Gasteiger partial charge in [0.2, 0.25) is 0 Å². The first-order valence-electron chi connectivity index (χ1n) is 7.04. The average molecular weight is 324 g/mol.